The van der Waals surface area contributed by atoms with Gasteiger partial charge in [0.2, 0.25) is 5.95 Å². The van der Waals surface area contributed by atoms with Crippen molar-refractivity contribution in [2.24, 2.45) is 5.41 Å². The zero-order valence-corrected chi connectivity index (χ0v) is 21.8. The largest absolute Gasteiger partial charge is 0.330 e. The number of hydrogen-bond acceptors (Lipinski definition) is 5. The molecule has 1 amide bonds. The molecule has 3 aromatic rings. The van der Waals surface area contributed by atoms with Crippen molar-refractivity contribution < 1.29 is 9.18 Å². The van der Waals surface area contributed by atoms with Gasteiger partial charge in [-0.05, 0) is 55.7 Å². The molecular weight excluding hydrogens is 469 g/mol. The van der Waals surface area contributed by atoms with Crippen molar-refractivity contribution in [3.63, 3.8) is 0 Å². The number of hydrogen-bond donors (Lipinski definition) is 1. The van der Waals surface area contributed by atoms with Crippen LogP contribution in [0.3, 0.4) is 0 Å². The fourth-order valence-electron chi connectivity index (χ4n) is 4.66. The number of rotatable bonds is 7. The van der Waals surface area contributed by atoms with Crippen molar-refractivity contribution in [1.82, 2.24) is 29.2 Å². The van der Waals surface area contributed by atoms with Crippen LogP contribution in [0.5, 0.6) is 0 Å². The number of nitrogens with one attached hydrogen (secondary N) is 1. The molecule has 0 radical (unpaired) electrons. The lowest BCUT2D eigenvalue weighted by Gasteiger charge is -2.37. The van der Waals surface area contributed by atoms with Gasteiger partial charge < -0.3 is 4.57 Å². The molecule has 0 saturated heterocycles. The Morgan fingerprint density at radius 2 is 1.97 bits per heavy atom. The van der Waals surface area contributed by atoms with Gasteiger partial charge in [-0.3, -0.25) is 10.2 Å². The molecule has 9 heteroatoms. The van der Waals surface area contributed by atoms with Crippen LogP contribution in [-0.4, -0.2) is 35.1 Å². The molecule has 8 nitrogen and oxygen atoms in total. The van der Waals surface area contributed by atoms with Gasteiger partial charge in [-0.2, -0.15) is 4.39 Å². The summed E-state index contributed by atoms with van der Waals surface area (Å²) in [7, 11) is 0. The first-order valence-corrected chi connectivity index (χ1v) is 12.2. The molecule has 0 saturated carbocycles. The van der Waals surface area contributed by atoms with Crippen LogP contribution in [0.2, 0.25) is 0 Å². The third kappa shape index (κ3) is 5.99. The van der Waals surface area contributed by atoms with Crippen LogP contribution >= 0.6 is 0 Å². The molecular formula is C28H32FN7O. The first-order valence-electron chi connectivity index (χ1n) is 12.2. The zero-order chi connectivity index (χ0) is 26.6. The number of nitrogens with zero attached hydrogens (tertiary/aromatic N) is 6. The summed E-state index contributed by atoms with van der Waals surface area (Å²) in [5.74, 6) is -1.11. The molecule has 37 heavy (non-hydrogen) atoms. The Morgan fingerprint density at radius 3 is 2.73 bits per heavy atom. The molecule has 3 heterocycles. The maximum atomic E-state index is 13.7. The maximum absolute atomic E-state index is 13.7. The van der Waals surface area contributed by atoms with Gasteiger partial charge in [0.25, 0.3) is 5.91 Å². The topological polar surface area (TPSA) is 90.5 Å². The van der Waals surface area contributed by atoms with Crippen LogP contribution < -0.4 is 5.43 Å². The molecule has 0 fully saturated rings. The van der Waals surface area contributed by atoms with Crippen LogP contribution in [0.1, 0.15) is 53.5 Å². The van der Waals surface area contributed by atoms with Gasteiger partial charge in [0.1, 0.15) is 12.7 Å². The van der Waals surface area contributed by atoms with Crippen molar-refractivity contribution in [2.45, 2.75) is 53.5 Å². The van der Waals surface area contributed by atoms with E-state index in [0.717, 1.165) is 30.3 Å². The van der Waals surface area contributed by atoms with Crippen LogP contribution in [0.15, 0.2) is 90.1 Å². The van der Waals surface area contributed by atoms with Gasteiger partial charge in [0.05, 0.1) is 12.4 Å². The van der Waals surface area contributed by atoms with E-state index in [-0.39, 0.29) is 22.5 Å². The number of allylic oxidation sites excluding steroid dienone is 9. The standard InChI is InChI=1S/C28H32FN7O/c1-19(9-10-22-21(3)23(11-12-28(22,4)5)35-14-13-30-17-35)7-6-8-20(2)15-24(37)34-36-18-33-25-26(29)31-16-32-27(25)36/h6-10,13-18,23H,11-12H2,1-5H3,(H,34,37). The van der Waals surface area contributed by atoms with E-state index in [2.05, 4.69) is 69.8 Å². The first-order chi connectivity index (χ1) is 17.7. The fraction of sp³-hybridized carbons (Fsp3) is 0.321. The highest BCUT2D eigenvalue weighted by atomic mass is 19.1. The van der Waals surface area contributed by atoms with E-state index in [0.29, 0.717) is 6.04 Å². The molecule has 1 N–H and O–H groups in total. The molecule has 0 aromatic carbocycles. The van der Waals surface area contributed by atoms with Crippen molar-refractivity contribution >= 4 is 17.1 Å². The number of imidazole rings is 2. The lowest BCUT2D eigenvalue weighted by Crippen LogP contribution is -2.25. The van der Waals surface area contributed by atoms with E-state index < -0.39 is 5.95 Å². The highest BCUT2D eigenvalue weighted by Crippen LogP contribution is 2.45. The Bertz CT molecular complexity index is 1440. The summed E-state index contributed by atoms with van der Waals surface area (Å²) in [4.78, 5) is 27.9. The molecule has 1 aliphatic carbocycles. The third-order valence-corrected chi connectivity index (χ3v) is 6.69. The van der Waals surface area contributed by atoms with Crippen molar-refractivity contribution in [1.29, 1.82) is 0 Å². The predicted molar refractivity (Wildman–Crippen MR) is 142 cm³/mol. The van der Waals surface area contributed by atoms with Gasteiger partial charge in [-0.25, -0.2) is 24.6 Å². The average molecular weight is 502 g/mol. The smallest absolute Gasteiger partial charge is 0.263 e. The summed E-state index contributed by atoms with van der Waals surface area (Å²) in [6.07, 6.45) is 21.9. The van der Waals surface area contributed by atoms with Crippen LogP contribution in [0, 0.1) is 11.4 Å². The Balaban J connectivity index is 1.41. The number of carbonyl (C=O) groups excluding carboxylic acids is 1. The van der Waals surface area contributed by atoms with Gasteiger partial charge in [0.15, 0.2) is 11.2 Å². The molecule has 4 rings (SSSR count). The van der Waals surface area contributed by atoms with E-state index in [9.17, 15) is 9.18 Å². The number of fused-ring (bicyclic) bond motifs is 1. The molecule has 0 bridgehead atoms. The highest BCUT2D eigenvalue weighted by Gasteiger charge is 2.32. The second-order valence-corrected chi connectivity index (χ2v) is 9.96. The van der Waals surface area contributed by atoms with Crippen LogP contribution in [0.4, 0.5) is 4.39 Å². The monoisotopic (exact) mass is 501 g/mol. The summed E-state index contributed by atoms with van der Waals surface area (Å²) >= 11 is 0. The van der Waals surface area contributed by atoms with Gasteiger partial charge >= 0.3 is 0 Å². The second kappa shape index (κ2) is 10.9. The Kier molecular flexibility index (Phi) is 7.61. The first kappa shape index (κ1) is 25.9. The molecule has 1 unspecified atom stereocenters. The molecule has 0 spiro atoms. The van der Waals surface area contributed by atoms with Gasteiger partial charge in [-0.15, -0.1) is 0 Å². The van der Waals surface area contributed by atoms with Gasteiger partial charge in [-0.1, -0.05) is 49.8 Å². The number of aromatic nitrogens is 6. The third-order valence-electron chi connectivity index (χ3n) is 6.69. The normalized spacial score (nSPS) is 18.9. The summed E-state index contributed by atoms with van der Waals surface area (Å²) in [5.41, 5.74) is 7.50. The molecule has 1 atom stereocenters. The van der Waals surface area contributed by atoms with E-state index in [1.54, 1.807) is 0 Å². The van der Waals surface area contributed by atoms with Crippen LogP contribution in [0.25, 0.3) is 11.2 Å². The summed E-state index contributed by atoms with van der Waals surface area (Å²) in [6.45, 7) is 10.7. The zero-order valence-electron chi connectivity index (χ0n) is 21.8. The minimum Gasteiger partial charge on any atom is -0.330 e. The highest BCUT2D eigenvalue weighted by molar-refractivity contribution is 5.95. The fourth-order valence-corrected chi connectivity index (χ4v) is 4.66. The Hall–Kier alpha value is -4.14. The number of carbonyl (C=O) groups is 1. The maximum Gasteiger partial charge on any atom is 0.263 e. The van der Waals surface area contributed by atoms with Crippen molar-refractivity contribution in [3.8, 4) is 0 Å². The summed E-state index contributed by atoms with van der Waals surface area (Å²) in [5, 5.41) is 0. The SMILES string of the molecule is CC(C=CC1=C(C)C(n2ccnc2)CCC1(C)C)=CC=CC(C)=CC(=O)Nn1cnc2c(F)ncnc21. The minimum atomic E-state index is -0.736. The average Bonchev–Trinajstić information content (AvgIpc) is 3.50. The van der Waals surface area contributed by atoms with Crippen molar-refractivity contribution in [2.75, 3.05) is 5.43 Å². The van der Waals surface area contributed by atoms with Crippen molar-refractivity contribution in [3.05, 3.63) is 96.1 Å². The lowest BCUT2D eigenvalue weighted by molar-refractivity contribution is -0.112. The van der Waals surface area contributed by atoms with Crippen LogP contribution in [-0.2, 0) is 4.79 Å². The molecule has 192 valence electrons. The van der Waals surface area contributed by atoms with E-state index in [4.69, 9.17) is 0 Å². The second-order valence-electron chi connectivity index (χ2n) is 9.96. The van der Waals surface area contributed by atoms with E-state index in [1.165, 1.54) is 28.2 Å². The number of halogens is 1. The van der Waals surface area contributed by atoms with E-state index >= 15 is 0 Å². The Morgan fingerprint density at radius 1 is 1.16 bits per heavy atom. The Labute approximate surface area is 216 Å². The molecule has 1 aliphatic rings. The molecule has 3 aromatic heterocycles. The van der Waals surface area contributed by atoms with Gasteiger partial charge in [0, 0.05) is 18.5 Å². The minimum absolute atomic E-state index is 0.00288. The number of amides is 1. The molecule has 0 aliphatic heterocycles. The predicted octanol–water partition coefficient (Wildman–Crippen LogP) is 5.61. The lowest BCUT2D eigenvalue weighted by atomic mass is 9.71. The summed E-state index contributed by atoms with van der Waals surface area (Å²) < 4.78 is 17.1. The quantitative estimate of drug-likeness (QED) is 0.258. The van der Waals surface area contributed by atoms with E-state index in [1.807, 2.05) is 43.9 Å². The summed E-state index contributed by atoms with van der Waals surface area (Å²) in [6, 6.07) is 0.338.